The molecule has 114 valence electrons. The summed E-state index contributed by atoms with van der Waals surface area (Å²) in [4.78, 5) is 2.85. The number of halogens is 3. The standard InChI is InChI=1S/C14H21F3N2S/c1-11(9-13-3-2-8-20-13)18-12-4-6-19(7-5-12)10-14(15,16)17/h2-3,8,11-12,18H,4-7,9-10H2,1H3. The molecule has 0 bridgehead atoms. The first kappa shape index (κ1) is 15.8. The van der Waals surface area contributed by atoms with Crippen molar-refractivity contribution in [3.8, 4) is 0 Å². The fourth-order valence-electron chi connectivity index (χ4n) is 2.70. The summed E-state index contributed by atoms with van der Waals surface area (Å²) in [7, 11) is 0. The number of hydrogen-bond acceptors (Lipinski definition) is 3. The zero-order valence-electron chi connectivity index (χ0n) is 11.6. The van der Waals surface area contributed by atoms with E-state index in [9.17, 15) is 13.2 Å². The van der Waals surface area contributed by atoms with Crippen molar-refractivity contribution < 1.29 is 13.2 Å². The van der Waals surface area contributed by atoms with Gasteiger partial charge in [0.25, 0.3) is 0 Å². The molecule has 6 heteroatoms. The lowest BCUT2D eigenvalue weighted by Gasteiger charge is -2.34. The van der Waals surface area contributed by atoms with Crippen LogP contribution in [0, 0.1) is 0 Å². The molecule has 0 saturated carbocycles. The number of thiophene rings is 1. The Morgan fingerprint density at radius 3 is 2.65 bits per heavy atom. The molecule has 1 N–H and O–H groups in total. The molecule has 2 rings (SSSR count). The number of nitrogens with one attached hydrogen (secondary N) is 1. The maximum atomic E-state index is 12.3. The molecule has 1 aromatic heterocycles. The Labute approximate surface area is 122 Å². The summed E-state index contributed by atoms with van der Waals surface area (Å²) in [5, 5.41) is 5.61. The van der Waals surface area contributed by atoms with Crippen LogP contribution >= 0.6 is 11.3 Å². The van der Waals surface area contributed by atoms with Crippen molar-refractivity contribution in [3.63, 3.8) is 0 Å². The Kier molecular flexibility index (Phi) is 5.46. The van der Waals surface area contributed by atoms with Crippen molar-refractivity contribution in [1.82, 2.24) is 10.2 Å². The van der Waals surface area contributed by atoms with E-state index in [4.69, 9.17) is 0 Å². The Morgan fingerprint density at radius 2 is 2.10 bits per heavy atom. The molecule has 1 aliphatic rings. The van der Waals surface area contributed by atoms with Crippen molar-refractivity contribution in [2.75, 3.05) is 19.6 Å². The topological polar surface area (TPSA) is 15.3 Å². The summed E-state index contributed by atoms with van der Waals surface area (Å²) in [5.41, 5.74) is 0. The van der Waals surface area contributed by atoms with Crippen molar-refractivity contribution in [2.45, 2.75) is 44.4 Å². The van der Waals surface area contributed by atoms with Crippen LogP contribution in [0.1, 0.15) is 24.6 Å². The highest BCUT2D eigenvalue weighted by Gasteiger charge is 2.32. The van der Waals surface area contributed by atoms with Crippen LogP contribution in [0.5, 0.6) is 0 Å². The number of rotatable bonds is 5. The molecule has 1 saturated heterocycles. The SMILES string of the molecule is CC(Cc1cccs1)NC1CCN(CC(F)(F)F)CC1. The highest BCUT2D eigenvalue weighted by molar-refractivity contribution is 7.09. The van der Waals surface area contributed by atoms with Crippen molar-refractivity contribution in [2.24, 2.45) is 0 Å². The Hall–Kier alpha value is -0.590. The maximum absolute atomic E-state index is 12.3. The first-order chi connectivity index (χ1) is 9.42. The highest BCUT2D eigenvalue weighted by atomic mass is 32.1. The van der Waals surface area contributed by atoms with Gasteiger partial charge in [0.1, 0.15) is 0 Å². The van der Waals surface area contributed by atoms with Gasteiger partial charge in [-0.25, -0.2) is 0 Å². The molecular weight excluding hydrogens is 285 g/mol. The number of likely N-dealkylation sites (tertiary alicyclic amines) is 1. The Bertz CT molecular complexity index is 384. The van der Waals surface area contributed by atoms with Crippen LogP contribution in [0.15, 0.2) is 17.5 Å². The summed E-state index contributed by atoms with van der Waals surface area (Å²) in [6, 6.07) is 4.87. The van der Waals surface area contributed by atoms with Gasteiger partial charge in [0.15, 0.2) is 0 Å². The molecule has 1 unspecified atom stereocenters. The van der Waals surface area contributed by atoms with E-state index in [2.05, 4.69) is 23.7 Å². The Morgan fingerprint density at radius 1 is 1.40 bits per heavy atom. The lowest BCUT2D eigenvalue weighted by Crippen LogP contribution is -2.47. The molecule has 0 spiro atoms. The van der Waals surface area contributed by atoms with Gasteiger partial charge < -0.3 is 5.32 Å². The van der Waals surface area contributed by atoms with Gasteiger partial charge in [-0.1, -0.05) is 6.07 Å². The molecule has 0 aromatic carbocycles. The third-order valence-corrected chi connectivity index (χ3v) is 4.50. The second kappa shape index (κ2) is 6.91. The van der Waals surface area contributed by atoms with E-state index >= 15 is 0 Å². The van der Waals surface area contributed by atoms with E-state index in [0.717, 1.165) is 19.3 Å². The zero-order chi connectivity index (χ0) is 14.6. The lowest BCUT2D eigenvalue weighted by atomic mass is 10.0. The fraction of sp³-hybridized carbons (Fsp3) is 0.714. The van der Waals surface area contributed by atoms with Crippen LogP contribution in [-0.2, 0) is 6.42 Å². The van der Waals surface area contributed by atoms with Gasteiger partial charge in [0.05, 0.1) is 6.54 Å². The summed E-state index contributed by atoms with van der Waals surface area (Å²) < 4.78 is 36.9. The van der Waals surface area contributed by atoms with Crippen LogP contribution in [0.4, 0.5) is 13.2 Å². The molecule has 0 radical (unpaired) electrons. The van der Waals surface area contributed by atoms with E-state index < -0.39 is 12.7 Å². The summed E-state index contributed by atoms with van der Waals surface area (Å²) >= 11 is 1.75. The zero-order valence-corrected chi connectivity index (χ0v) is 12.4. The minimum absolute atomic E-state index is 0.342. The fourth-order valence-corrected chi connectivity index (χ4v) is 3.54. The molecular formula is C14H21F3N2S. The number of hydrogen-bond donors (Lipinski definition) is 1. The van der Waals surface area contributed by atoms with Gasteiger partial charge in [0.2, 0.25) is 0 Å². The molecule has 1 fully saturated rings. The van der Waals surface area contributed by atoms with Gasteiger partial charge in [-0.2, -0.15) is 13.2 Å². The predicted molar refractivity (Wildman–Crippen MR) is 76.1 cm³/mol. The quantitative estimate of drug-likeness (QED) is 0.898. The highest BCUT2D eigenvalue weighted by Crippen LogP contribution is 2.20. The van der Waals surface area contributed by atoms with Crippen LogP contribution in [-0.4, -0.2) is 42.8 Å². The van der Waals surface area contributed by atoms with E-state index in [1.165, 1.54) is 9.78 Å². The van der Waals surface area contributed by atoms with E-state index in [1.807, 2.05) is 6.07 Å². The smallest absolute Gasteiger partial charge is 0.311 e. The first-order valence-corrected chi connectivity index (χ1v) is 7.88. The number of alkyl halides is 3. The predicted octanol–water partition coefficient (Wildman–Crippen LogP) is 3.30. The maximum Gasteiger partial charge on any atom is 0.401 e. The van der Waals surface area contributed by atoms with Crippen molar-refractivity contribution in [1.29, 1.82) is 0 Å². The van der Waals surface area contributed by atoms with Crippen molar-refractivity contribution >= 4 is 11.3 Å². The van der Waals surface area contributed by atoms with Crippen molar-refractivity contribution in [3.05, 3.63) is 22.4 Å². The van der Waals surface area contributed by atoms with Crippen LogP contribution in [0.3, 0.4) is 0 Å². The van der Waals surface area contributed by atoms with E-state index in [-0.39, 0.29) is 0 Å². The normalized spacial score (nSPS) is 20.2. The molecule has 2 heterocycles. The molecule has 0 amide bonds. The van der Waals surface area contributed by atoms with Crippen LogP contribution < -0.4 is 5.32 Å². The molecule has 1 aliphatic heterocycles. The van der Waals surface area contributed by atoms with Gasteiger partial charge in [-0.05, 0) is 50.7 Å². The number of nitrogens with zero attached hydrogens (tertiary/aromatic N) is 1. The summed E-state index contributed by atoms with van der Waals surface area (Å²) in [6.07, 6.45) is -1.50. The average molecular weight is 306 g/mol. The van der Waals surface area contributed by atoms with Crippen LogP contribution in [0.2, 0.25) is 0 Å². The second-order valence-electron chi connectivity index (χ2n) is 5.52. The second-order valence-corrected chi connectivity index (χ2v) is 6.55. The lowest BCUT2D eigenvalue weighted by molar-refractivity contribution is -0.148. The molecule has 0 aliphatic carbocycles. The van der Waals surface area contributed by atoms with Gasteiger partial charge >= 0.3 is 6.18 Å². The monoisotopic (exact) mass is 306 g/mol. The van der Waals surface area contributed by atoms with Gasteiger partial charge in [0, 0.05) is 17.0 Å². The third-order valence-electron chi connectivity index (χ3n) is 3.60. The summed E-state index contributed by atoms with van der Waals surface area (Å²) in [5.74, 6) is 0. The van der Waals surface area contributed by atoms with E-state index in [0.29, 0.717) is 25.2 Å². The molecule has 1 aromatic rings. The largest absolute Gasteiger partial charge is 0.401 e. The minimum Gasteiger partial charge on any atom is -0.311 e. The van der Waals surface area contributed by atoms with E-state index in [1.54, 1.807) is 11.3 Å². The first-order valence-electron chi connectivity index (χ1n) is 7.00. The average Bonchev–Trinajstić information content (AvgIpc) is 2.82. The summed E-state index contributed by atoms with van der Waals surface area (Å²) in [6.45, 7) is 2.43. The number of piperidine rings is 1. The van der Waals surface area contributed by atoms with Gasteiger partial charge in [-0.15, -0.1) is 11.3 Å². The molecule has 20 heavy (non-hydrogen) atoms. The van der Waals surface area contributed by atoms with Gasteiger partial charge in [-0.3, -0.25) is 4.90 Å². The third kappa shape index (κ3) is 5.42. The Balaban J connectivity index is 1.69. The molecule has 2 nitrogen and oxygen atoms in total. The van der Waals surface area contributed by atoms with Crippen LogP contribution in [0.25, 0.3) is 0 Å². The molecule has 1 atom stereocenters. The minimum atomic E-state index is -4.08.